The van der Waals surface area contributed by atoms with Crippen LogP contribution in [0.1, 0.15) is 5.56 Å². The number of rotatable bonds is 5. The lowest BCUT2D eigenvalue weighted by atomic mass is 10.2. The summed E-state index contributed by atoms with van der Waals surface area (Å²) in [7, 11) is 0. The maximum absolute atomic E-state index is 11.9. The fourth-order valence-electron chi connectivity index (χ4n) is 1.60. The topological polar surface area (TPSA) is 91.7 Å². The fraction of sp³-hybridized carbons (Fsp3) is 0.133. The Balaban J connectivity index is 2.12. The SMILES string of the molecule is N#Cc1ccc(N=[N+]([O-])c2ccc(OCCO)cc2)cc1. The summed E-state index contributed by atoms with van der Waals surface area (Å²) < 4.78 is 5.20. The van der Waals surface area contributed by atoms with Gasteiger partial charge in [0.05, 0.1) is 18.2 Å². The number of nitriles is 1. The quantitative estimate of drug-likeness (QED) is 0.519. The Labute approximate surface area is 121 Å². The molecule has 6 nitrogen and oxygen atoms in total. The second-order valence-electron chi connectivity index (χ2n) is 4.10. The molecule has 0 aliphatic rings. The van der Waals surface area contributed by atoms with Crippen LogP contribution in [-0.2, 0) is 0 Å². The number of ether oxygens (including phenoxy) is 1. The summed E-state index contributed by atoms with van der Waals surface area (Å²) in [5.41, 5.74) is 1.33. The molecule has 1 N–H and O–H groups in total. The average molecular weight is 283 g/mol. The highest BCUT2D eigenvalue weighted by Crippen LogP contribution is 2.20. The minimum Gasteiger partial charge on any atom is -0.594 e. The van der Waals surface area contributed by atoms with E-state index < -0.39 is 0 Å². The van der Waals surface area contributed by atoms with Crippen molar-refractivity contribution in [2.45, 2.75) is 0 Å². The Kier molecular flexibility index (Phi) is 4.85. The standard InChI is InChI=1S/C15H13N3O3/c16-11-12-1-3-13(4-2-12)17-18(20)14-5-7-15(8-6-14)21-10-9-19/h1-8,19H,9-10H2. The lowest BCUT2D eigenvalue weighted by Crippen LogP contribution is -2.01. The van der Waals surface area contributed by atoms with Crippen LogP contribution < -0.4 is 4.74 Å². The number of aliphatic hydroxyl groups excluding tert-OH is 1. The molecule has 0 fully saturated rings. The van der Waals surface area contributed by atoms with Crippen molar-refractivity contribution in [1.29, 1.82) is 5.26 Å². The molecule has 0 saturated carbocycles. The normalized spacial score (nSPS) is 11.0. The highest BCUT2D eigenvalue weighted by molar-refractivity contribution is 5.42. The maximum atomic E-state index is 11.9. The van der Waals surface area contributed by atoms with Gasteiger partial charge in [-0.2, -0.15) is 5.26 Å². The van der Waals surface area contributed by atoms with Crippen molar-refractivity contribution in [2.75, 3.05) is 13.2 Å². The maximum Gasteiger partial charge on any atom is 0.245 e. The molecule has 0 radical (unpaired) electrons. The van der Waals surface area contributed by atoms with Gasteiger partial charge in [0, 0.05) is 17.2 Å². The molecule has 0 unspecified atom stereocenters. The van der Waals surface area contributed by atoms with Crippen LogP contribution in [0.15, 0.2) is 53.6 Å². The minimum absolute atomic E-state index is 0.0660. The predicted molar refractivity (Wildman–Crippen MR) is 75.6 cm³/mol. The summed E-state index contributed by atoms with van der Waals surface area (Å²) in [6, 6.07) is 14.8. The van der Waals surface area contributed by atoms with Gasteiger partial charge in [0.25, 0.3) is 0 Å². The zero-order valence-corrected chi connectivity index (χ0v) is 11.1. The van der Waals surface area contributed by atoms with Gasteiger partial charge in [-0.3, -0.25) is 0 Å². The van der Waals surface area contributed by atoms with Crippen LogP contribution in [0, 0.1) is 16.5 Å². The lowest BCUT2D eigenvalue weighted by Gasteiger charge is -2.04. The van der Waals surface area contributed by atoms with Crippen molar-refractivity contribution in [3.8, 4) is 11.8 Å². The molecule has 2 aromatic carbocycles. The molecule has 0 atom stereocenters. The molecule has 0 bridgehead atoms. The molecule has 106 valence electrons. The van der Waals surface area contributed by atoms with E-state index >= 15 is 0 Å². The summed E-state index contributed by atoms with van der Waals surface area (Å²) in [5, 5.41) is 33.1. The Hall–Kier alpha value is -2.91. The zero-order chi connectivity index (χ0) is 15.1. The highest BCUT2D eigenvalue weighted by Gasteiger charge is 2.05. The Morgan fingerprint density at radius 1 is 1.14 bits per heavy atom. The number of hydrogen-bond acceptors (Lipinski definition) is 5. The molecule has 0 aromatic heterocycles. The van der Waals surface area contributed by atoms with Crippen LogP contribution in [-0.4, -0.2) is 23.2 Å². The number of benzene rings is 2. The van der Waals surface area contributed by atoms with Crippen LogP contribution in [0.3, 0.4) is 0 Å². The van der Waals surface area contributed by atoms with E-state index in [4.69, 9.17) is 15.1 Å². The van der Waals surface area contributed by atoms with E-state index in [1.165, 1.54) is 0 Å². The average Bonchev–Trinajstić information content (AvgIpc) is 2.54. The summed E-state index contributed by atoms with van der Waals surface area (Å²) in [6.07, 6.45) is 0. The first-order chi connectivity index (χ1) is 10.2. The van der Waals surface area contributed by atoms with E-state index in [1.807, 2.05) is 6.07 Å². The Bertz CT molecular complexity index is 658. The monoisotopic (exact) mass is 283 g/mol. The molecular weight excluding hydrogens is 270 g/mol. The van der Waals surface area contributed by atoms with Crippen molar-refractivity contribution in [1.82, 2.24) is 0 Å². The molecular formula is C15H13N3O3. The van der Waals surface area contributed by atoms with Crippen molar-refractivity contribution in [3.63, 3.8) is 0 Å². The smallest absolute Gasteiger partial charge is 0.245 e. The molecule has 0 aliphatic heterocycles. The summed E-state index contributed by atoms with van der Waals surface area (Å²) in [5.74, 6) is 0.569. The Morgan fingerprint density at radius 3 is 2.38 bits per heavy atom. The van der Waals surface area contributed by atoms with Gasteiger partial charge in [-0.05, 0) is 36.4 Å². The van der Waals surface area contributed by atoms with Crippen molar-refractivity contribution < 1.29 is 14.7 Å². The first-order valence-electron chi connectivity index (χ1n) is 6.26. The first kappa shape index (κ1) is 14.5. The summed E-state index contributed by atoms with van der Waals surface area (Å²) in [4.78, 5) is 0.497. The van der Waals surface area contributed by atoms with E-state index in [9.17, 15) is 5.21 Å². The molecule has 2 aromatic rings. The van der Waals surface area contributed by atoms with Gasteiger partial charge in [-0.15, -0.1) is 0 Å². The number of azo groups is 1. The van der Waals surface area contributed by atoms with Gasteiger partial charge in [0.2, 0.25) is 5.69 Å². The van der Waals surface area contributed by atoms with Gasteiger partial charge in [0.1, 0.15) is 18.0 Å². The van der Waals surface area contributed by atoms with Crippen LogP contribution in [0.2, 0.25) is 0 Å². The van der Waals surface area contributed by atoms with E-state index in [-0.39, 0.29) is 13.2 Å². The molecule has 6 heteroatoms. The first-order valence-corrected chi connectivity index (χ1v) is 6.26. The molecule has 0 aliphatic carbocycles. The van der Waals surface area contributed by atoms with Gasteiger partial charge in [-0.25, -0.2) is 0 Å². The van der Waals surface area contributed by atoms with Crippen LogP contribution in [0.5, 0.6) is 5.75 Å². The molecule has 0 amide bonds. The third-order valence-corrected chi connectivity index (χ3v) is 2.62. The van der Waals surface area contributed by atoms with Gasteiger partial charge in [-0.1, -0.05) is 4.86 Å². The summed E-state index contributed by atoms with van der Waals surface area (Å²) in [6.45, 7) is 0.138. The third kappa shape index (κ3) is 4.03. The molecule has 0 heterocycles. The van der Waals surface area contributed by atoms with E-state index in [1.54, 1.807) is 48.5 Å². The van der Waals surface area contributed by atoms with Gasteiger partial charge < -0.3 is 15.1 Å². The van der Waals surface area contributed by atoms with Gasteiger partial charge >= 0.3 is 0 Å². The second kappa shape index (κ2) is 7.03. The fourth-order valence-corrected chi connectivity index (χ4v) is 1.60. The van der Waals surface area contributed by atoms with E-state index in [0.29, 0.717) is 27.5 Å². The minimum atomic E-state index is -0.0660. The van der Waals surface area contributed by atoms with Crippen LogP contribution >= 0.6 is 0 Å². The molecule has 0 spiro atoms. The van der Waals surface area contributed by atoms with E-state index in [2.05, 4.69) is 5.11 Å². The third-order valence-electron chi connectivity index (χ3n) is 2.62. The Morgan fingerprint density at radius 2 is 1.81 bits per heavy atom. The highest BCUT2D eigenvalue weighted by atomic mass is 16.5. The molecule has 2 rings (SSSR count). The number of hydrogen-bond donors (Lipinski definition) is 1. The van der Waals surface area contributed by atoms with E-state index in [0.717, 1.165) is 0 Å². The lowest BCUT2D eigenvalue weighted by molar-refractivity contribution is -0.435. The summed E-state index contributed by atoms with van der Waals surface area (Å²) >= 11 is 0. The zero-order valence-electron chi connectivity index (χ0n) is 11.1. The van der Waals surface area contributed by atoms with Gasteiger partial charge in [0.15, 0.2) is 0 Å². The number of nitrogens with zero attached hydrogens (tertiary/aromatic N) is 3. The predicted octanol–water partition coefficient (Wildman–Crippen LogP) is 2.86. The van der Waals surface area contributed by atoms with Crippen molar-refractivity contribution in [2.24, 2.45) is 5.11 Å². The van der Waals surface area contributed by atoms with Crippen molar-refractivity contribution >= 4 is 11.4 Å². The second-order valence-corrected chi connectivity index (χ2v) is 4.10. The van der Waals surface area contributed by atoms with Crippen LogP contribution in [0.4, 0.5) is 11.4 Å². The van der Waals surface area contributed by atoms with Crippen molar-refractivity contribution in [3.05, 3.63) is 59.3 Å². The number of aliphatic hydroxyl groups is 1. The molecule has 0 saturated heterocycles. The van der Waals surface area contributed by atoms with Crippen LogP contribution in [0.25, 0.3) is 0 Å². The molecule has 21 heavy (non-hydrogen) atoms. The largest absolute Gasteiger partial charge is 0.594 e.